The second-order valence-corrected chi connectivity index (χ2v) is 6.23. The summed E-state index contributed by atoms with van der Waals surface area (Å²) in [6, 6.07) is 5.95. The van der Waals surface area contributed by atoms with Gasteiger partial charge in [-0.1, -0.05) is 23.9 Å². The van der Waals surface area contributed by atoms with E-state index >= 15 is 0 Å². The Morgan fingerprint density at radius 3 is 2.96 bits per heavy atom. The molecule has 3 rings (SSSR count). The van der Waals surface area contributed by atoms with E-state index in [-0.39, 0.29) is 23.0 Å². The summed E-state index contributed by atoms with van der Waals surface area (Å²) in [4.78, 5) is 40.7. The van der Waals surface area contributed by atoms with Crippen molar-refractivity contribution < 1.29 is 9.72 Å². The molecule has 1 aliphatic carbocycles. The van der Waals surface area contributed by atoms with E-state index in [0.717, 1.165) is 30.5 Å². The minimum Gasteiger partial charge on any atom is -0.320 e. The second kappa shape index (κ2) is 6.83. The lowest BCUT2D eigenvalue weighted by Gasteiger charge is -2.07. The van der Waals surface area contributed by atoms with Crippen molar-refractivity contribution >= 4 is 29.0 Å². The molecule has 24 heavy (non-hydrogen) atoms. The highest BCUT2D eigenvalue weighted by Gasteiger charge is 2.19. The maximum absolute atomic E-state index is 12.1. The highest BCUT2D eigenvalue weighted by atomic mass is 32.2. The number of aromatic amines is 1. The number of hydrogen-bond acceptors (Lipinski definition) is 6. The van der Waals surface area contributed by atoms with E-state index < -0.39 is 10.6 Å². The molecule has 0 aliphatic heterocycles. The number of anilines is 1. The summed E-state index contributed by atoms with van der Waals surface area (Å²) in [5.41, 5.74) is 1.44. The molecule has 0 spiro atoms. The minimum absolute atomic E-state index is 0.0228. The molecule has 0 saturated heterocycles. The Bertz CT molecular complexity index is 865. The fourth-order valence-corrected chi connectivity index (χ4v) is 3.50. The van der Waals surface area contributed by atoms with Crippen molar-refractivity contribution in [3.8, 4) is 0 Å². The number of para-hydroxylation sites is 2. The van der Waals surface area contributed by atoms with E-state index in [0.29, 0.717) is 5.03 Å². The number of carbonyl (C=O) groups excluding carboxylic acids is 1. The number of rotatable bonds is 5. The SMILES string of the molecule is O=C(CSc1nc(=O)[nH]c2c1CCC2)Nc1ccccc1[N+](=O)[O-]. The maximum atomic E-state index is 12.1. The highest BCUT2D eigenvalue weighted by molar-refractivity contribution is 8.00. The molecule has 9 heteroatoms. The summed E-state index contributed by atoms with van der Waals surface area (Å²) >= 11 is 1.17. The van der Waals surface area contributed by atoms with E-state index in [9.17, 15) is 19.7 Å². The molecule has 0 unspecified atom stereocenters. The minimum atomic E-state index is -0.548. The third-order valence-corrected chi connectivity index (χ3v) is 4.67. The topological polar surface area (TPSA) is 118 Å². The zero-order valence-electron chi connectivity index (χ0n) is 12.6. The van der Waals surface area contributed by atoms with Gasteiger partial charge in [0, 0.05) is 17.3 Å². The maximum Gasteiger partial charge on any atom is 0.346 e. The number of nitrogens with zero attached hydrogens (tertiary/aromatic N) is 2. The Morgan fingerprint density at radius 1 is 1.38 bits per heavy atom. The molecule has 8 nitrogen and oxygen atoms in total. The lowest BCUT2D eigenvalue weighted by atomic mass is 10.2. The summed E-state index contributed by atoms with van der Waals surface area (Å²) in [6.07, 6.45) is 2.59. The third kappa shape index (κ3) is 3.46. The van der Waals surface area contributed by atoms with Crippen LogP contribution in [0.15, 0.2) is 34.1 Å². The zero-order valence-corrected chi connectivity index (χ0v) is 13.4. The predicted molar refractivity (Wildman–Crippen MR) is 89.3 cm³/mol. The van der Waals surface area contributed by atoms with Crippen molar-refractivity contribution in [1.29, 1.82) is 0 Å². The molecule has 1 aromatic carbocycles. The fourth-order valence-electron chi connectivity index (χ4n) is 2.61. The summed E-state index contributed by atoms with van der Waals surface area (Å²) in [7, 11) is 0. The number of carbonyl (C=O) groups is 1. The number of H-pyrrole nitrogens is 1. The normalized spacial score (nSPS) is 12.7. The van der Waals surface area contributed by atoms with Gasteiger partial charge < -0.3 is 10.3 Å². The molecular formula is C15H14N4O4S. The van der Waals surface area contributed by atoms with Crippen LogP contribution in [-0.4, -0.2) is 26.6 Å². The molecular weight excluding hydrogens is 332 g/mol. The van der Waals surface area contributed by atoms with Crippen molar-refractivity contribution in [2.75, 3.05) is 11.1 Å². The number of nitro benzene ring substituents is 1. The Balaban J connectivity index is 1.69. The first kappa shape index (κ1) is 16.2. The summed E-state index contributed by atoms with van der Waals surface area (Å²) < 4.78 is 0. The van der Waals surface area contributed by atoms with E-state index in [2.05, 4.69) is 15.3 Å². The first-order valence-electron chi connectivity index (χ1n) is 7.33. The molecule has 2 N–H and O–H groups in total. The van der Waals surface area contributed by atoms with Gasteiger partial charge in [0.15, 0.2) is 0 Å². The fraction of sp³-hybridized carbons (Fsp3) is 0.267. The van der Waals surface area contributed by atoms with Crippen molar-refractivity contribution in [3.05, 3.63) is 56.1 Å². The van der Waals surface area contributed by atoms with Crippen LogP contribution in [0.3, 0.4) is 0 Å². The van der Waals surface area contributed by atoms with Crippen LogP contribution in [0.1, 0.15) is 17.7 Å². The van der Waals surface area contributed by atoms with E-state index in [1.54, 1.807) is 6.07 Å². The summed E-state index contributed by atoms with van der Waals surface area (Å²) in [5.74, 6) is -0.363. The molecule has 0 bridgehead atoms. The van der Waals surface area contributed by atoms with Crippen molar-refractivity contribution in [2.24, 2.45) is 0 Å². The molecule has 1 aromatic heterocycles. The van der Waals surface area contributed by atoms with Crippen molar-refractivity contribution in [1.82, 2.24) is 9.97 Å². The predicted octanol–water partition coefficient (Wildman–Crippen LogP) is 1.90. The standard InChI is InChI=1S/C15H14N4O4S/c20-13(16-11-5-1-2-7-12(11)19(22)23)8-24-14-9-4-3-6-10(9)17-15(21)18-14/h1-2,5,7H,3-4,6,8H2,(H,16,20)(H,17,18,21). The molecule has 1 heterocycles. The van der Waals surface area contributed by atoms with Crippen LogP contribution in [0.2, 0.25) is 0 Å². The van der Waals surface area contributed by atoms with Crippen LogP contribution >= 0.6 is 11.8 Å². The van der Waals surface area contributed by atoms with Crippen LogP contribution in [0.5, 0.6) is 0 Å². The molecule has 1 amide bonds. The van der Waals surface area contributed by atoms with Crippen molar-refractivity contribution in [3.63, 3.8) is 0 Å². The second-order valence-electron chi connectivity index (χ2n) is 5.27. The van der Waals surface area contributed by atoms with E-state index in [1.165, 1.54) is 30.0 Å². The Morgan fingerprint density at radius 2 is 2.17 bits per heavy atom. The monoisotopic (exact) mass is 346 g/mol. The van der Waals surface area contributed by atoms with E-state index in [4.69, 9.17) is 0 Å². The number of thioether (sulfide) groups is 1. The number of nitro groups is 1. The molecule has 0 fully saturated rings. The number of benzene rings is 1. The number of amides is 1. The van der Waals surface area contributed by atoms with Gasteiger partial charge in [0.1, 0.15) is 10.7 Å². The smallest absolute Gasteiger partial charge is 0.320 e. The highest BCUT2D eigenvalue weighted by Crippen LogP contribution is 2.28. The number of aryl methyl sites for hydroxylation is 1. The van der Waals surface area contributed by atoms with Gasteiger partial charge in [0.05, 0.1) is 10.7 Å². The van der Waals surface area contributed by atoms with E-state index in [1.807, 2.05) is 0 Å². The van der Waals surface area contributed by atoms with Gasteiger partial charge in [0.25, 0.3) is 5.69 Å². The number of fused-ring (bicyclic) bond motifs is 1. The van der Waals surface area contributed by atoms with Crippen molar-refractivity contribution in [2.45, 2.75) is 24.3 Å². The number of aromatic nitrogens is 2. The Hall–Kier alpha value is -2.68. The quantitative estimate of drug-likeness (QED) is 0.369. The first-order valence-corrected chi connectivity index (χ1v) is 8.31. The zero-order chi connectivity index (χ0) is 17.1. The van der Waals surface area contributed by atoms with Crippen LogP contribution in [0.4, 0.5) is 11.4 Å². The van der Waals surface area contributed by atoms with Gasteiger partial charge in [-0.2, -0.15) is 4.98 Å². The van der Waals surface area contributed by atoms with Gasteiger partial charge in [-0.05, 0) is 25.3 Å². The van der Waals surface area contributed by atoms with Gasteiger partial charge in [-0.15, -0.1) is 0 Å². The molecule has 0 atom stereocenters. The van der Waals surface area contributed by atoms with Gasteiger partial charge in [-0.3, -0.25) is 14.9 Å². The molecule has 124 valence electrons. The Kier molecular flexibility index (Phi) is 4.61. The third-order valence-electron chi connectivity index (χ3n) is 3.65. The number of nitrogens with one attached hydrogen (secondary N) is 2. The van der Waals surface area contributed by atoms with Crippen LogP contribution in [0.25, 0.3) is 0 Å². The van der Waals surface area contributed by atoms with Gasteiger partial charge in [-0.25, -0.2) is 4.79 Å². The summed E-state index contributed by atoms with van der Waals surface area (Å²) in [5, 5.41) is 14.0. The largest absolute Gasteiger partial charge is 0.346 e. The van der Waals surface area contributed by atoms with Gasteiger partial charge >= 0.3 is 5.69 Å². The Labute approximate surface area is 140 Å². The first-order chi connectivity index (χ1) is 11.5. The van der Waals surface area contributed by atoms with Gasteiger partial charge in [0.2, 0.25) is 5.91 Å². The average Bonchev–Trinajstić information content (AvgIpc) is 3.01. The summed E-state index contributed by atoms with van der Waals surface area (Å²) in [6.45, 7) is 0. The van der Waals surface area contributed by atoms with Crippen LogP contribution < -0.4 is 11.0 Å². The molecule has 2 aromatic rings. The molecule has 0 radical (unpaired) electrons. The molecule has 1 aliphatic rings. The van der Waals surface area contributed by atoms with Crippen LogP contribution in [0, 0.1) is 10.1 Å². The lowest BCUT2D eigenvalue weighted by molar-refractivity contribution is -0.383. The van der Waals surface area contributed by atoms with Crippen LogP contribution in [-0.2, 0) is 17.6 Å². The average molecular weight is 346 g/mol. The lowest BCUT2D eigenvalue weighted by Crippen LogP contribution is -2.18. The molecule has 0 saturated carbocycles. The number of hydrogen-bond donors (Lipinski definition) is 2.